The van der Waals surface area contributed by atoms with Gasteiger partial charge in [-0.1, -0.05) is 79.6 Å². The van der Waals surface area contributed by atoms with Crippen LogP contribution in [0.4, 0.5) is 0 Å². The molecule has 0 heteroatoms. The van der Waals surface area contributed by atoms with E-state index in [1.54, 1.807) is 6.42 Å². The lowest BCUT2D eigenvalue weighted by Gasteiger charge is -2.11. The topological polar surface area (TPSA) is 0 Å². The van der Waals surface area contributed by atoms with Crippen molar-refractivity contribution in [1.29, 1.82) is 0 Å². The molecule has 0 aromatic carbocycles. The first-order valence-electron chi connectivity index (χ1n) is 9.57. The molecular formula is C20H38. The number of rotatable bonds is 10. The smallest absolute Gasteiger partial charge is 0.0201 e. The molecule has 5 unspecified atom stereocenters. The summed E-state index contributed by atoms with van der Waals surface area (Å²) in [7, 11) is 0. The van der Waals surface area contributed by atoms with Crippen LogP contribution in [0.5, 0.6) is 0 Å². The monoisotopic (exact) mass is 278 g/mol. The van der Waals surface area contributed by atoms with E-state index in [4.69, 9.17) is 0 Å². The molecule has 2 aliphatic carbocycles. The van der Waals surface area contributed by atoms with Gasteiger partial charge < -0.3 is 0 Å². The quantitative estimate of drug-likeness (QED) is 0.390. The minimum Gasteiger partial charge on any atom is -0.0654 e. The van der Waals surface area contributed by atoms with Crippen LogP contribution in [0, 0.1) is 35.0 Å². The molecule has 0 heterocycles. The predicted molar refractivity (Wildman–Crippen MR) is 89.8 cm³/mol. The number of unbranched alkanes of at least 4 members (excludes halogenated alkanes) is 3. The Morgan fingerprint density at radius 3 is 2.30 bits per heavy atom. The molecule has 2 fully saturated rings. The SMILES string of the molecule is CCCCCCC(C)CCC1C(C(C)C)C12CC2CC. The minimum absolute atomic E-state index is 0.852. The lowest BCUT2D eigenvalue weighted by Crippen LogP contribution is -1.98. The van der Waals surface area contributed by atoms with E-state index in [9.17, 15) is 0 Å². The van der Waals surface area contributed by atoms with Gasteiger partial charge in [-0.3, -0.25) is 0 Å². The van der Waals surface area contributed by atoms with Crippen molar-refractivity contribution in [3.63, 3.8) is 0 Å². The van der Waals surface area contributed by atoms with Gasteiger partial charge in [0.2, 0.25) is 0 Å². The van der Waals surface area contributed by atoms with E-state index in [-0.39, 0.29) is 0 Å². The van der Waals surface area contributed by atoms with Crippen LogP contribution in [0.3, 0.4) is 0 Å². The number of hydrogen-bond acceptors (Lipinski definition) is 0. The van der Waals surface area contributed by atoms with Crippen LogP contribution in [0.15, 0.2) is 0 Å². The van der Waals surface area contributed by atoms with E-state index in [0.29, 0.717) is 0 Å². The molecule has 0 nitrogen and oxygen atoms in total. The first-order chi connectivity index (χ1) is 9.57. The van der Waals surface area contributed by atoms with Gasteiger partial charge in [-0.15, -0.1) is 0 Å². The van der Waals surface area contributed by atoms with Gasteiger partial charge in [0.05, 0.1) is 0 Å². The minimum atomic E-state index is 0.852. The van der Waals surface area contributed by atoms with Crippen molar-refractivity contribution >= 4 is 0 Å². The molecule has 2 aliphatic rings. The summed E-state index contributed by atoms with van der Waals surface area (Å²) in [5.41, 5.74) is 0.852. The van der Waals surface area contributed by atoms with Gasteiger partial charge in [0.15, 0.2) is 0 Å². The van der Waals surface area contributed by atoms with Crippen molar-refractivity contribution in [2.75, 3.05) is 0 Å². The van der Waals surface area contributed by atoms with Crippen molar-refractivity contribution in [1.82, 2.24) is 0 Å². The Labute approximate surface area is 128 Å². The molecule has 0 aliphatic heterocycles. The lowest BCUT2D eigenvalue weighted by molar-refractivity contribution is 0.413. The third-order valence-electron chi connectivity index (χ3n) is 6.57. The van der Waals surface area contributed by atoms with Crippen LogP contribution in [0.25, 0.3) is 0 Å². The van der Waals surface area contributed by atoms with Crippen molar-refractivity contribution in [2.24, 2.45) is 35.0 Å². The summed E-state index contributed by atoms with van der Waals surface area (Å²) in [6, 6.07) is 0. The second-order valence-electron chi connectivity index (χ2n) is 8.33. The molecule has 2 saturated carbocycles. The Hall–Kier alpha value is 0. The van der Waals surface area contributed by atoms with Crippen molar-refractivity contribution < 1.29 is 0 Å². The Bertz CT molecular complexity index is 292. The van der Waals surface area contributed by atoms with Gasteiger partial charge >= 0.3 is 0 Å². The Balaban J connectivity index is 1.67. The van der Waals surface area contributed by atoms with Gasteiger partial charge in [0.1, 0.15) is 0 Å². The first-order valence-corrected chi connectivity index (χ1v) is 9.57. The van der Waals surface area contributed by atoms with Crippen LogP contribution in [-0.4, -0.2) is 0 Å². The molecule has 0 amide bonds. The second kappa shape index (κ2) is 6.84. The zero-order valence-corrected chi connectivity index (χ0v) is 14.8. The maximum Gasteiger partial charge on any atom is -0.0201 e. The zero-order chi connectivity index (χ0) is 14.8. The molecule has 1 spiro atoms. The summed E-state index contributed by atoms with van der Waals surface area (Å²) in [4.78, 5) is 0. The summed E-state index contributed by atoms with van der Waals surface area (Å²) in [6.45, 7) is 12.1. The molecule has 0 aromatic rings. The lowest BCUT2D eigenvalue weighted by atomic mass is 9.95. The summed E-state index contributed by atoms with van der Waals surface area (Å²) < 4.78 is 0. The highest BCUT2D eigenvalue weighted by atomic mass is 14.8. The molecule has 0 aromatic heterocycles. The van der Waals surface area contributed by atoms with Crippen LogP contribution in [-0.2, 0) is 0 Å². The van der Waals surface area contributed by atoms with Crippen molar-refractivity contribution in [3.8, 4) is 0 Å². The maximum absolute atomic E-state index is 2.50. The van der Waals surface area contributed by atoms with E-state index in [0.717, 1.165) is 35.0 Å². The van der Waals surface area contributed by atoms with Gasteiger partial charge in [0.25, 0.3) is 0 Å². The Morgan fingerprint density at radius 2 is 1.75 bits per heavy atom. The summed E-state index contributed by atoms with van der Waals surface area (Å²) in [5, 5.41) is 0. The first kappa shape index (κ1) is 16.4. The highest BCUT2D eigenvalue weighted by Crippen LogP contribution is 2.82. The van der Waals surface area contributed by atoms with Gasteiger partial charge in [0, 0.05) is 0 Å². The molecule has 0 N–H and O–H groups in total. The van der Waals surface area contributed by atoms with Crippen LogP contribution >= 0.6 is 0 Å². The van der Waals surface area contributed by atoms with Crippen LogP contribution in [0.1, 0.15) is 92.4 Å². The van der Waals surface area contributed by atoms with E-state index < -0.39 is 0 Å². The fourth-order valence-corrected chi connectivity index (χ4v) is 5.39. The molecule has 0 bridgehead atoms. The third kappa shape index (κ3) is 3.25. The maximum atomic E-state index is 2.50. The van der Waals surface area contributed by atoms with E-state index in [2.05, 4.69) is 34.6 Å². The van der Waals surface area contributed by atoms with E-state index >= 15 is 0 Å². The van der Waals surface area contributed by atoms with Gasteiger partial charge in [-0.25, -0.2) is 0 Å². The average molecular weight is 279 g/mol. The molecule has 20 heavy (non-hydrogen) atoms. The van der Waals surface area contributed by atoms with Crippen LogP contribution in [0.2, 0.25) is 0 Å². The molecular weight excluding hydrogens is 240 g/mol. The zero-order valence-electron chi connectivity index (χ0n) is 14.8. The van der Waals surface area contributed by atoms with E-state index in [1.807, 2.05) is 0 Å². The normalized spacial score (nSPS) is 36.6. The Morgan fingerprint density at radius 1 is 1.00 bits per heavy atom. The molecule has 118 valence electrons. The van der Waals surface area contributed by atoms with Gasteiger partial charge in [-0.05, 0) is 47.8 Å². The second-order valence-corrected chi connectivity index (χ2v) is 8.33. The summed E-state index contributed by atoms with van der Waals surface area (Å²) in [6.07, 6.45) is 13.3. The van der Waals surface area contributed by atoms with E-state index in [1.165, 1.54) is 51.4 Å². The van der Waals surface area contributed by atoms with Crippen LogP contribution < -0.4 is 0 Å². The van der Waals surface area contributed by atoms with Crippen molar-refractivity contribution in [3.05, 3.63) is 0 Å². The number of hydrogen-bond donors (Lipinski definition) is 0. The molecule has 2 rings (SSSR count). The third-order valence-corrected chi connectivity index (χ3v) is 6.57. The summed E-state index contributed by atoms with van der Waals surface area (Å²) >= 11 is 0. The predicted octanol–water partition coefficient (Wildman–Crippen LogP) is 6.69. The fraction of sp³-hybridized carbons (Fsp3) is 1.00. The molecule has 0 radical (unpaired) electrons. The molecule has 5 atom stereocenters. The summed E-state index contributed by atoms with van der Waals surface area (Å²) in [5.74, 6) is 5.18. The standard InChI is InChI=1S/C20H38/c1-6-8-9-10-11-16(5)12-13-18-19(15(3)4)20(18)14-17(20)7-2/h15-19H,6-14H2,1-5H3. The Kier molecular flexibility index (Phi) is 5.60. The fourth-order valence-electron chi connectivity index (χ4n) is 5.39. The van der Waals surface area contributed by atoms with Crippen molar-refractivity contribution in [2.45, 2.75) is 92.4 Å². The average Bonchev–Trinajstić information content (AvgIpc) is 3.29. The highest BCUT2D eigenvalue weighted by Gasteiger charge is 2.76. The highest BCUT2D eigenvalue weighted by molar-refractivity contribution is 5.23. The largest absolute Gasteiger partial charge is 0.0654 e. The molecule has 0 saturated heterocycles. The van der Waals surface area contributed by atoms with Gasteiger partial charge in [-0.2, -0.15) is 0 Å².